The van der Waals surface area contributed by atoms with Crippen molar-refractivity contribution >= 4 is 23.2 Å². The molecule has 6 heteroatoms. The van der Waals surface area contributed by atoms with Crippen LogP contribution in [0.3, 0.4) is 0 Å². The minimum Gasteiger partial charge on any atom is -0.369 e. The van der Waals surface area contributed by atoms with Crippen LogP contribution in [0.15, 0.2) is 24.3 Å². The third kappa shape index (κ3) is 4.02. The molecule has 0 aliphatic carbocycles. The maximum atomic E-state index is 12.7. The van der Waals surface area contributed by atoms with Crippen LogP contribution >= 0.6 is 11.6 Å². The molecule has 132 valence electrons. The molecule has 2 heterocycles. The van der Waals surface area contributed by atoms with Gasteiger partial charge in [0, 0.05) is 63.1 Å². The number of rotatable bonds is 3. The van der Waals surface area contributed by atoms with E-state index in [2.05, 4.69) is 34.7 Å². The Morgan fingerprint density at radius 1 is 1.04 bits per heavy atom. The molecule has 1 unspecified atom stereocenters. The summed E-state index contributed by atoms with van der Waals surface area (Å²) < 4.78 is 0. The molecule has 0 radical (unpaired) electrons. The maximum absolute atomic E-state index is 12.7. The van der Waals surface area contributed by atoms with E-state index in [4.69, 9.17) is 11.6 Å². The normalized spacial score (nSPS) is 21.8. The summed E-state index contributed by atoms with van der Waals surface area (Å²) in [5.74, 6) is 0.277. The number of benzene rings is 1. The van der Waals surface area contributed by atoms with Crippen molar-refractivity contribution in [2.45, 2.75) is 13.0 Å². The summed E-state index contributed by atoms with van der Waals surface area (Å²) >= 11 is 6.09. The highest BCUT2D eigenvalue weighted by Gasteiger charge is 2.30. The average Bonchev–Trinajstić information content (AvgIpc) is 2.61. The fraction of sp³-hybridized carbons (Fsp3) is 0.611. The highest BCUT2D eigenvalue weighted by molar-refractivity contribution is 6.30. The molecule has 5 nitrogen and oxygen atoms in total. The molecule has 1 aromatic carbocycles. The molecule has 0 saturated carbocycles. The molecular formula is C18H27ClN4O. The van der Waals surface area contributed by atoms with Gasteiger partial charge >= 0.3 is 0 Å². The first kappa shape index (κ1) is 17.5. The molecule has 2 aliphatic rings. The zero-order chi connectivity index (χ0) is 17.1. The van der Waals surface area contributed by atoms with Crippen LogP contribution in [0.2, 0.25) is 5.02 Å². The summed E-state index contributed by atoms with van der Waals surface area (Å²) in [6, 6.07) is 7.97. The van der Waals surface area contributed by atoms with Crippen LogP contribution in [-0.2, 0) is 4.79 Å². The predicted molar refractivity (Wildman–Crippen MR) is 98.8 cm³/mol. The second-order valence-electron chi connectivity index (χ2n) is 6.81. The van der Waals surface area contributed by atoms with E-state index in [1.54, 1.807) is 0 Å². The first-order valence-electron chi connectivity index (χ1n) is 8.76. The van der Waals surface area contributed by atoms with Crippen LogP contribution < -0.4 is 4.90 Å². The number of nitrogens with zero attached hydrogens (tertiary/aromatic N) is 4. The summed E-state index contributed by atoms with van der Waals surface area (Å²) in [4.78, 5) is 21.7. The molecule has 2 fully saturated rings. The van der Waals surface area contributed by atoms with E-state index in [1.165, 1.54) is 5.69 Å². The molecule has 0 N–H and O–H groups in total. The minimum absolute atomic E-state index is 0.0325. The van der Waals surface area contributed by atoms with Crippen LogP contribution in [0, 0.1) is 0 Å². The SMILES string of the molecule is CC(C(=O)N1CCN(C)CC1)N1CCN(c2cccc(Cl)c2)CC1. The Kier molecular flexibility index (Phi) is 5.64. The Hall–Kier alpha value is -1.30. The van der Waals surface area contributed by atoms with E-state index < -0.39 is 0 Å². The van der Waals surface area contributed by atoms with Gasteiger partial charge in [-0.05, 0) is 32.2 Å². The molecule has 2 saturated heterocycles. The summed E-state index contributed by atoms with van der Waals surface area (Å²) in [5.41, 5.74) is 1.17. The monoisotopic (exact) mass is 350 g/mol. The fourth-order valence-corrected chi connectivity index (χ4v) is 3.67. The van der Waals surface area contributed by atoms with Gasteiger partial charge in [0.25, 0.3) is 0 Å². The Labute approximate surface area is 149 Å². The molecule has 0 bridgehead atoms. The molecular weight excluding hydrogens is 324 g/mol. The van der Waals surface area contributed by atoms with Gasteiger partial charge in [0.05, 0.1) is 6.04 Å². The summed E-state index contributed by atoms with van der Waals surface area (Å²) in [6.07, 6.45) is 0. The zero-order valence-corrected chi connectivity index (χ0v) is 15.4. The topological polar surface area (TPSA) is 30.0 Å². The van der Waals surface area contributed by atoms with Gasteiger partial charge in [-0.2, -0.15) is 0 Å². The predicted octanol–water partition coefficient (Wildman–Crippen LogP) is 1.62. The maximum Gasteiger partial charge on any atom is 0.239 e. The third-order valence-corrected chi connectivity index (χ3v) is 5.44. The van der Waals surface area contributed by atoms with E-state index in [9.17, 15) is 4.79 Å². The summed E-state index contributed by atoms with van der Waals surface area (Å²) in [7, 11) is 2.11. The van der Waals surface area contributed by atoms with E-state index >= 15 is 0 Å². The van der Waals surface area contributed by atoms with Crippen molar-refractivity contribution in [3.8, 4) is 0 Å². The molecule has 1 amide bonds. The van der Waals surface area contributed by atoms with Gasteiger partial charge in [0.2, 0.25) is 5.91 Å². The minimum atomic E-state index is -0.0325. The molecule has 0 aromatic heterocycles. The Morgan fingerprint density at radius 2 is 1.71 bits per heavy atom. The van der Waals surface area contributed by atoms with E-state index in [1.807, 2.05) is 23.1 Å². The van der Waals surface area contributed by atoms with Crippen molar-refractivity contribution in [2.24, 2.45) is 0 Å². The lowest BCUT2D eigenvalue weighted by atomic mass is 10.1. The highest BCUT2D eigenvalue weighted by atomic mass is 35.5. The number of carbonyl (C=O) groups excluding carboxylic acids is 1. The average molecular weight is 351 g/mol. The van der Waals surface area contributed by atoms with Crippen LogP contribution in [0.1, 0.15) is 6.92 Å². The number of halogens is 1. The third-order valence-electron chi connectivity index (χ3n) is 5.21. The van der Waals surface area contributed by atoms with Crippen LogP contribution in [0.4, 0.5) is 5.69 Å². The lowest BCUT2D eigenvalue weighted by Gasteiger charge is -2.41. The number of carbonyl (C=O) groups is 1. The second kappa shape index (κ2) is 7.72. The quantitative estimate of drug-likeness (QED) is 0.828. The van der Waals surface area contributed by atoms with Crippen molar-refractivity contribution in [1.29, 1.82) is 0 Å². The van der Waals surface area contributed by atoms with E-state index in [0.29, 0.717) is 0 Å². The van der Waals surface area contributed by atoms with Crippen molar-refractivity contribution in [2.75, 3.05) is 64.3 Å². The number of hydrogen-bond acceptors (Lipinski definition) is 4. The van der Waals surface area contributed by atoms with Gasteiger partial charge in [-0.3, -0.25) is 9.69 Å². The van der Waals surface area contributed by atoms with Gasteiger partial charge in [-0.1, -0.05) is 17.7 Å². The van der Waals surface area contributed by atoms with Gasteiger partial charge in [-0.15, -0.1) is 0 Å². The summed E-state index contributed by atoms with van der Waals surface area (Å²) in [5, 5.41) is 0.772. The standard InChI is InChI=1S/C18H27ClN4O/c1-15(18(24)23-8-6-20(2)7-9-23)21-10-12-22(13-11-21)17-5-3-4-16(19)14-17/h3-5,14-15H,6-13H2,1-2H3. The molecule has 2 aliphatic heterocycles. The summed E-state index contributed by atoms with van der Waals surface area (Å²) in [6.45, 7) is 9.38. The van der Waals surface area contributed by atoms with Crippen LogP contribution in [-0.4, -0.2) is 86.1 Å². The van der Waals surface area contributed by atoms with Crippen molar-refractivity contribution < 1.29 is 4.79 Å². The largest absolute Gasteiger partial charge is 0.369 e. The molecule has 1 aromatic rings. The number of hydrogen-bond donors (Lipinski definition) is 0. The molecule has 1 atom stereocenters. The van der Waals surface area contributed by atoms with E-state index in [0.717, 1.165) is 57.4 Å². The zero-order valence-electron chi connectivity index (χ0n) is 14.6. The van der Waals surface area contributed by atoms with Gasteiger partial charge in [0.1, 0.15) is 0 Å². The lowest BCUT2D eigenvalue weighted by molar-refractivity contribution is -0.138. The molecule has 3 rings (SSSR count). The van der Waals surface area contributed by atoms with Gasteiger partial charge in [0.15, 0.2) is 0 Å². The highest BCUT2D eigenvalue weighted by Crippen LogP contribution is 2.21. The van der Waals surface area contributed by atoms with E-state index in [-0.39, 0.29) is 11.9 Å². The van der Waals surface area contributed by atoms with Crippen LogP contribution in [0.25, 0.3) is 0 Å². The molecule has 0 spiro atoms. The number of anilines is 1. The first-order valence-corrected chi connectivity index (χ1v) is 9.14. The fourth-order valence-electron chi connectivity index (χ4n) is 3.49. The first-order chi connectivity index (χ1) is 11.5. The number of amides is 1. The Balaban J connectivity index is 1.53. The van der Waals surface area contributed by atoms with Crippen molar-refractivity contribution in [3.05, 3.63) is 29.3 Å². The van der Waals surface area contributed by atoms with Crippen LogP contribution in [0.5, 0.6) is 0 Å². The Bertz CT molecular complexity index is 566. The Morgan fingerprint density at radius 3 is 2.33 bits per heavy atom. The lowest BCUT2D eigenvalue weighted by Crippen LogP contribution is -2.57. The van der Waals surface area contributed by atoms with Gasteiger partial charge < -0.3 is 14.7 Å². The van der Waals surface area contributed by atoms with Crippen molar-refractivity contribution in [3.63, 3.8) is 0 Å². The molecule has 24 heavy (non-hydrogen) atoms. The smallest absolute Gasteiger partial charge is 0.239 e. The number of likely N-dealkylation sites (N-methyl/N-ethyl adjacent to an activating group) is 1. The van der Waals surface area contributed by atoms with Crippen molar-refractivity contribution in [1.82, 2.24) is 14.7 Å². The number of piperazine rings is 2. The second-order valence-corrected chi connectivity index (χ2v) is 7.24. The van der Waals surface area contributed by atoms with Gasteiger partial charge in [-0.25, -0.2) is 0 Å².